The van der Waals surface area contributed by atoms with E-state index >= 15 is 0 Å². The normalized spacial score (nSPS) is 21.5. The van der Waals surface area contributed by atoms with Crippen LogP contribution in [0.15, 0.2) is 30.6 Å². The van der Waals surface area contributed by atoms with Crippen molar-refractivity contribution in [2.24, 2.45) is 0 Å². The fourth-order valence-corrected chi connectivity index (χ4v) is 2.25. The van der Waals surface area contributed by atoms with Crippen molar-refractivity contribution in [2.45, 2.75) is 12.3 Å². The van der Waals surface area contributed by atoms with Crippen LogP contribution in [0.5, 0.6) is 0 Å². The maximum absolute atomic E-state index is 11.9. The molecule has 16 heavy (non-hydrogen) atoms. The van der Waals surface area contributed by atoms with Crippen LogP contribution in [0.2, 0.25) is 0 Å². The Bertz CT molecular complexity index is 532. The number of aromatic nitrogens is 2. The van der Waals surface area contributed by atoms with E-state index in [1.807, 2.05) is 35.1 Å². The van der Waals surface area contributed by atoms with E-state index in [-0.39, 0.29) is 5.92 Å². The Labute approximate surface area is 93.3 Å². The second kappa shape index (κ2) is 3.72. The molecule has 0 aromatic carbocycles. The average molecular weight is 215 g/mol. The topological polar surface area (TPSA) is 46.4 Å². The Morgan fingerprint density at radius 2 is 2.38 bits per heavy atom. The predicted octanol–water partition coefficient (Wildman–Crippen LogP) is 0.980. The summed E-state index contributed by atoms with van der Waals surface area (Å²) in [5, 5.41) is 7.53. The number of carbonyl (C=O) groups excluding carboxylic acids is 1. The Kier molecular flexibility index (Phi) is 2.22. The van der Waals surface area contributed by atoms with Gasteiger partial charge < -0.3 is 5.32 Å². The standard InChI is InChI=1S/C12H13N3O/c16-12-4-5-13-7-10(12)9-8-14-15-6-2-1-3-11(9)15/h1-3,6,8,10,13H,4-5,7H2. The minimum Gasteiger partial charge on any atom is -0.315 e. The van der Waals surface area contributed by atoms with Crippen LogP contribution in [0.1, 0.15) is 17.9 Å². The molecule has 2 aromatic heterocycles. The van der Waals surface area contributed by atoms with Gasteiger partial charge in [0.2, 0.25) is 0 Å². The van der Waals surface area contributed by atoms with Gasteiger partial charge in [-0.25, -0.2) is 4.52 Å². The lowest BCUT2D eigenvalue weighted by molar-refractivity contribution is -0.121. The number of ketones is 1. The number of Topliss-reactive ketones (excluding diaryl/α,β-unsaturated/α-hetero) is 1. The molecule has 1 fully saturated rings. The molecule has 0 saturated carbocycles. The third kappa shape index (κ3) is 1.42. The fraction of sp³-hybridized carbons (Fsp3) is 0.333. The molecule has 1 saturated heterocycles. The van der Waals surface area contributed by atoms with Crippen LogP contribution >= 0.6 is 0 Å². The lowest BCUT2D eigenvalue weighted by Crippen LogP contribution is -2.35. The Morgan fingerprint density at radius 1 is 1.44 bits per heavy atom. The first-order valence-electron chi connectivity index (χ1n) is 5.52. The van der Waals surface area contributed by atoms with E-state index < -0.39 is 0 Å². The largest absolute Gasteiger partial charge is 0.315 e. The first-order chi connectivity index (χ1) is 7.86. The highest BCUT2D eigenvalue weighted by atomic mass is 16.1. The summed E-state index contributed by atoms with van der Waals surface area (Å²) in [6, 6.07) is 5.91. The number of hydrogen-bond acceptors (Lipinski definition) is 3. The quantitative estimate of drug-likeness (QED) is 0.771. The molecule has 0 amide bonds. The molecular formula is C12H13N3O. The molecule has 1 aliphatic heterocycles. The van der Waals surface area contributed by atoms with Crippen LogP contribution in [0.4, 0.5) is 0 Å². The van der Waals surface area contributed by atoms with Crippen LogP contribution in [0, 0.1) is 0 Å². The molecule has 0 bridgehead atoms. The number of pyridine rings is 1. The zero-order valence-corrected chi connectivity index (χ0v) is 8.89. The minimum atomic E-state index is -0.0337. The second-order valence-electron chi connectivity index (χ2n) is 4.10. The summed E-state index contributed by atoms with van der Waals surface area (Å²) >= 11 is 0. The van der Waals surface area contributed by atoms with Crippen LogP contribution in [-0.4, -0.2) is 28.5 Å². The minimum absolute atomic E-state index is 0.0337. The first kappa shape index (κ1) is 9.54. The fourth-order valence-electron chi connectivity index (χ4n) is 2.25. The first-order valence-corrected chi connectivity index (χ1v) is 5.52. The maximum atomic E-state index is 11.9. The van der Waals surface area contributed by atoms with Crippen molar-refractivity contribution in [1.82, 2.24) is 14.9 Å². The van der Waals surface area contributed by atoms with E-state index in [9.17, 15) is 4.79 Å². The molecule has 2 aromatic rings. The van der Waals surface area contributed by atoms with Crippen LogP contribution in [0.25, 0.3) is 5.52 Å². The molecule has 4 heteroatoms. The maximum Gasteiger partial charge on any atom is 0.143 e. The zero-order chi connectivity index (χ0) is 11.0. The van der Waals surface area contributed by atoms with Gasteiger partial charge >= 0.3 is 0 Å². The van der Waals surface area contributed by atoms with Crippen LogP contribution in [0.3, 0.4) is 0 Å². The number of nitrogens with one attached hydrogen (secondary N) is 1. The van der Waals surface area contributed by atoms with Crippen molar-refractivity contribution in [3.05, 3.63) is 36.2 Å². The van der Waals surface area contributed by atoms with Crippen LogP contribution < -0.4 is 5.32 Å². The Balaban J connectivity index is 2.08. The van der Waals surface area contributed by atoms with E-state index in [1.165, 1.54) is 0 Å². The van der Waals surface area contributed by atoms with Crippen molar-refractivity contribution in [1.29, 1.82) is 0 Å². The average Bonchev–Trinajstić information content (AvgIpc) is 2.74. The van der Waals surface area contributed by atoms with Crippen molar-refractivity contribution in [3.63, 3.8) is 0 Å². The van der Waals surface area contributed by atoms with E-state index in [2.05, 4.69) is 10.4 Å². The molecule has 1 aliphatic rings. The van der Waals surface area contributed by atoms with E-state index in [1.54, 1.807) is 0 Å². The van der Waals surface area contributed by atoms with E-state index in [0.29, 0.717) is 12.2 Å². The number of nitrogens with zero attached hydrogens (tertiary/aromatic N) is 2. The molecule has 1 N–H and O–H groups in total. The van der Waals surface area contributed by atoms with Gasteiger partial charge in [0, 0.05) is 31.3 Å². The van der Waals surface area contributed by atoms with E-state index in [0.717, 1.165) is 24.2 Å². The van der Waals surface area contributed by atoms with Gasteiger partial charge in [-0.3, -0.25) is 4.79 Å². The van der Waals surface area contributed by atoms with Crippen molar-refractivity contribution in [2.75, 3.05) is 13.1 Å². The number of hydrogen-bond donors (Lipinski definition) is 1. The van der Waals surface area contributed by atoms with Crippen molar-refractivity contribution < 1.29 is 4.79 Å². The Hall–Kier alpha value is -1.68. The monoisotopic (exact) mass is 215 g/mol. The highest BCUT2D eigenvalue weighted by molar-refractivity contribution is 5.88. The Morgan fingerprint density at radius 3 is 3.25 bits per heavy atom. The number of fused-ring (bicyclic) bond motifs is 1. The van der Waals surface area contributed by atoms with Crippen molar-refractivity contribution in [3.8, 4) is 0 Å². The second-order valence-corrected chi connectivity index (χ2v) is 4.10. The summed E-state index contributed by atoms with van der Waals surface area (Å²) in [5.41, 5.74) is 2.07. The van der Waals surface area contributed by atoms with Gasteiger partial charge in [-0.2, -0.15) is 5.10 Å². The molecule has 0 aliphatic carbocycles. The number of rotatable bonds is 1. The molecule has 3 rings (SSSR count). The third-order valence-corrected chi connectivity index (χ3v) is 3.12. The van der Waals surface area contributed by atoms with Gasteiger partial charge in [-0.15, -0.1) is 0 Å². The molecule has 82 valence electrons. The van der Waals surface area contributed by atoms with Crippen molar-refractivity contribution >= 4 is 11.3 Å². The SMILES string of the molecule is O=C1CCNCC1c1cnn2ccccc12. The predicted molar refractivity (Wildman–Crippen MR) is 60.4 cm³/mol. The smallest absolute Gasteiger partial charge is 0.143 e. The molecule has 4 nitrogen and oxygen atoms in total. The molecule has 1 atom stereocenters. The molecular weight excluding hydrogens is 202 g/mol. The lowest BCUT2D eigenvalue weighted by Gasteiger charge is -2.20. The zero-order valence-electron chi connectivity index (χ0n) is 8.89. The number of piperidine rings is 1. The highest BCUT2D eigenvalue weighted by Crippen LogP contribution is 2.24. The van der Waals surface area contributed by atoms with Gasteiger partial charge in [0.25, 0.3) is 0 Å². The lowest BCUT2D eigenvalue weighted by atomic mass is 9.91. The highest BCUT2D eigenvalue weighted by Gasteiger charge is 2.26. The summed E-state index contributed by atoms with van der Waals surface area (Å²) in [7, 11) is 0. The van der Waals surface area contributed by atoms with Gasteiger partial charge in [0.05, 0.1) is 17.6 Å². The van der Waals surface area contributed by atoms with Gasteiger partial charge in [-0.1, -0.05) is 6.07 Å². The summed E-state index contributed by atoms with van der Waals surface area (Å²) in [6.07, 6.45) is 4.33. The third-order valence-electron chi connectivity index (χ3n) is 3.12. The summed E-state index contributed by atoms with van der Waals surface area (Å²) in [4.78, 5) is 11.9. The summed E-state index contributed by atoms with van der Waals surface area (Å²) in [6.45, 7) is 1.53. The summed E-state index contributed by atoms with van der Waals surface area (Å²) < 4.78 is 1.82. The molecule has 0 spiro atoms. The van der Waals surface area contributed by atoms with Gasteiger partial charge in [-0.05, 0) is 12.1 Å². The molecule has 1 unspecified atom stereocenters. The van der Waals surface area contributed by atoms with Crippen LogP contribution in [-0.2, 0) is 4.79 Å². The van der Waals surface area contributed by atoms with Gasteiger partial charge in [0.15, 0.2) is 0 Å². The van der Waals surface area contributed by atoms with Gasteiger partial charge in [0.1, 0.15) is 5.78 Å². The summed E-state index contributed by atoms with van der Waals surface area (Å²) in [5.74, 6) is 0.283. The molecule has 0 radical (unpaired) electrons. The number of carbonyl (C=O) groups is 1. The van der Waals surface area contributed by atoms with E-state index in [4.69, 9.17) is 0 Å². The molecule has 3 heterocycles.